The van der Waals surface area contributed by atoms with Crippen LogP contribution in [-0.4, -0.2) is 5.78 Å². The fourth-order valence-corrected chi connectivity index (χ4v) is 3.58. The Morgan fingerprint density at radius 2 is 1.74 bits per heavy atom. The molecule has 1 aromatic carbocycles. The highest BCUT2D eigenvalue weighted by Gasteiger charge is 2.42. The number of fused-ring (bicyclic) bond motifs is 1. The average molecular weight is 258 g/mol. The monoisotopic (exact) mass is 258 g/mol. The van der Waals surface area contributed by atoms with Gasteiger partial charge in [-0.25, -0.2) is 0 Å². The summed E-state index contributed by atoms with van der Waals surface area (Å²) in [6, 6.07) is 4.41. The Kier molecular flexibility index (Phi) is 3.16. The predicted octanol–water partition coefficient (Wildman–Crippen LogP) is 4.79. The van der Waals surface area contributed by atoms with E-state index in [1.54, 1.807) is 6.92 Å². The lowest BCUT2D eigenvalue weighted by Crippen LogP contribution is -2.40. The molecule has 0 saturated heterocycles. The van der Waals surface area contributed by atoms with E-state index in [-0.39, 0.29) is 16.6 Å². The predicted molar refractivity (Wildman–Crippen MR) is 81.0 cm³/mol. The van der Waals surface area contributed by atoms with Gasteiger partial charge in [0.05, 0.1) is 0 Å². The Balaban J connectivity index is 2.75. The van der Waals surface area contributed by atoms with Gasteiger partial charge in [0.2, 0.25) is 0 Å². The van der Waals surface area contributed by atoms with E-state index in [9.17, 15) is 4.79 Å². The summed E-state index contributed by atoms with van der Waals surface area (Å²) in [5.41, 5.74) is 5.14. The third kappa shape index (κ3) is 2.13. The van der Waals surface area contributed by atoms with Gasteiger partial charge < -0.3 is 0 Å². The minimum absolute atomic E-state index is 0.155. The molecule has 0 bridgehead atoms. The van der Waals surface area contributed by atoms with E-state index in [0.29, 0.717) is 5.92 Å². The van der Waals surface area contributed by atoms with Crippen LogP contribution in [0, 0.1) is 12.8 Å². The van der Waals surface area contributed by atoms with Crippen molar-refractivity contribution in [1.82, 2.24) is 0 Å². The molecule has 2 rings (SSSR count). The number of rotatable bonds is 1. The summed E-state index contributed by atoms with van der Waals surface area (Å²) in [4.78, 5) is 11.8. The van der Waals surface area contributed by atoms with Crippen molar-refractivity contribution in [2.24, 2.45) is 5.92 Å². The Morgan fingerprint density at radius 1 is 1.16 bits per heavy atom. The van der Waals surface area contributed by atoms with Crippen molar-refractivity contribution in [3.8, 4) is 0 Å². The molecule has 1 atom stereocenters. The van der Waals surface area contributed by atoms with Crippen LogP contribution in [0.2, 0.25) is 0 Å². The van der Waals surface area contributed by atoms with Gasteiger partial charge in [-0.05, 0) is 59.8 Å². The fraction of sp³-hybridized carbons (Fsp3) is 0.611. The van der Waals surface area contributed by atoms with E-state index in [1.807, 2.05) is 0 Å². The van der Waals surface area contributed by atoms with E-state index >= 15 is 0 Å². The quantitative estimate of drug-likeness (QED) is 0.662. The van der Waals surface area contributed by atoms with Gasteiger partial charge >= 0.3 is 0 Å². The van der Waals surface area contributed by atoms with Crippen LogP contribution in [0.1, 0.15) is 75.0 Å². The van der Waals surface area contributed by atoms with E-state index in [1.165, 1.54) is 17.5 Å². The second-order valence-corrected chi connectivity index (χ2v) is 7.48. The molecule has 0 amide bonds. The summed E-state index contributed by atoms with van der Waals surface area (Å²) in [5.74, 6) is 0.824. The van der Waals surface area contributed by atoms with Crippen molar-refractivity contribution in [1.29, 1.82) is 0 Å². The van der Waals surface area contributed by atoms with Crippen LogP contribution < -0.4 is 0 Å². The van der Waals surface area contributed by atoms with Crippen molar-refractivity contribution in [3.05, 3.63) is 34.4 Å². The largest absolute Gasteiger partial charge is 0.295 e. The second-order valence-electron chi connectivity index (χ2n) is 7.48. The first-order valence-corrected chi connectivity index (χ1v) is 7.24. The van der Waals surface area contributed by atoms with Crippen LogP contribution in [0.5, 0.6) is 0 Å². The van der Waals surface area contributed by atoms with Gasteiger partial charge in [-0.2, -0.15) is 0 Å². The van der Waals surface area contributed by atoms with Crippen molar-refractivity contribution in [3.63, 3.8) is 0 Å². The maximum Gasteiger partial charge on any atom is 0.160 e. The molecule has 0 spiro atoms. The second kappa shape index (κ2) is 4.19. The molecule has 1 heteroatoms. The molecular weight excluding hydrogens is 232 g/mol. The SMILES string of the molecule is CC(=O)c1cc2c(cc1C)C(C)(C)[C@@H](C)CC2(C)C. The van der Waals surface area contributed by atoms with Crippen LogP contribution in [0.4, 0.5) is 0 Å². The van der Waals surface area contributed by atoms with Crippen LogP contribution in [0.15, 0.2) is 12.1 Å². The third-order valence-electron chi connectivity index (χ3n) is 5.22. The first-order chi connectivity index (χ1) is 8.57. The Morgan fingerprint density at radius 3 is 2.26 bits per heavy atom. The van der Waals surface area contributed by atoms with Crippen LogP contribution in [-0.2, 0) is 10.8 Å². The molecule has 0 aliphatic heterocycles. The van der Waals surface area contributed by atoms with Gasteiger partial charge in [0, 0.05) is 5.56 Å². The third-order valence-corrected chi connectivity index (χ3v) is 5.22. The van der Waals surface area contributed by atoms with Gasteiger partial charge in [0.15, 0.2) is 5.78 Å². The van der Waals surface area contributed by atoms with Crippen molar-refractivity contribution >= 4 is 5.78 Å². The summed E-state index contributed by atoms with van der Waals surface area (Å²) in [6.45, 7) is 15.3. The molecule has 0 aromatic heterocycles. The first kappa shape index (κ1) is 14.3. The number of carbonyl (C=O) groups excluding carboxylic acids is 1. The van der Waals surface area contributed by atoms with Crippen molar-refractivity contribution in [2.45, 2.75) is 65.7 Å². The molecule has 1 aliphatic rings. The lowest BCUT2D eigenvalue weighted by atomic mass is 9.58. The molecule has 1 nitrogen and oxygen atoms in total. The zero-order valence-corrected chi connectivity index (χ0v) is 13.3. The normalized spacial score (nSPS) is 23.8. The summed E-state index contributed by atoms with van der Waals surface area (Å²) in [5, 5.41) is 0. The standard InChI is InChI=1S/C18H26O/c1-11-8-16-15(9-14(11)13(3)19)17(4,5)10-12(2)18(16,6)7/h8-9,12H,10H2,1-7H3/t12-/m0/s1. The summed E-state index contributed by atoms with van der Waals surface area (Å²) in [7, 11) is 0. The smallest absolute Gasteiger partial charge is 0.160 e. The molecule has 0 radical (unpaired) electrons. The van der Waals surface area contributed by atoms with E-state index in [2.05, 4.69) is 53.7 Å². The molecule has 1 aliphatic carbocycles. The van der Waals surface area contributed by atoms with Gasteiger partial charge in [-0.3, -0.25) is 4.79 Å². The highest BCUT2D eigenvalue weighted by molar-refractivity contribution is 5.96. The fourth-order valence-electron chi connectivity index (χ4n) is 3.58. The number of hydrogen-bond donors (Lipinski definition) is 0. The molecule has 0 N–H and O–H groups in total. The number of Topliss-reactive ketones (excluding diaryl/α,β-unsaturated/α-hetero) is 1. The van der Waals surface area contributed by atoms with E-state index < -0.39 is 0 Å². The van der Waals surface area contributed by atoms with Crippen molar-refractivity contribution in [2.75, 3.05) is 0 Å². The minimum Gasteiger partial charge on any atom is -0.295 e. The van der Waals surface area contributed by atoms with Gasteiger partial charge in [-0.15, -0.1) is 0 Å². The zero-order chi connectivity index (χ0) is 14.6. The summed E-state index contributed by atoms with van der Waals surface area (Å²) < 4.78 is 0. The van der Waals surface area contributed by atoms with E-state index in [0.717, 1.165) is 11.1 Å². The zero-order valence-electron chi connectivity index (χ0n) is 13.3. The highest BCUT2D eigenvalue weighted by Crippen LogP contribution is 2.49. The number of aryl methyl sites for hydroxylation is 1. The molecule has 0 unspecified atom stereocenters. The molecule has 0 saturated carbocycles. The lowest BCUT2D eigenvalue weighted by molar-refractivity contribution is 0.101. The first-order valence-electron chi connectivity index (χ1n) is 7.24. The van der Waals surface area contributed by atoms with Crippen LogP contribution in [0.25, 0.3) is 0 Å². The topological polar surface area (TPSA) is 17.1 Å². The molecule has 1 aromatic rings. The molecule has 19 heavy (non-hydrogen) atoms. The minimum atomic E-state index is 0.155. The number of carbonyl (C=O) groups is 1. The van der Waals surface area contributed by atoms with Gasteiger partial charge in [0.25, 0.3) is 0 Å². The average Bonchev–Trinajstić information content (AvgIpc) is 2.25. The molecular formula is C18H26O. The number of benzene rings is 1. The number of hydrogen-bond acceptors (Lipinski definition) is 1. The summed E-state index contributed by atoms with van der Waals surface area (Å²) >= 11 is 0. The maximum atomic E-state index is 11.8. The Hall–Kier alpha value is -1.11. The molecule has 0 heterocycles. The maximum absolute atomic E-state index is 11.8. The molecule has 0 fully saturated rings. The highest BCUT2D eigenvalue weighted by atomic mass is 16.1. The van der Waals surface area contributed by atoms with Crippen molar-refractivity contribution < 1.29 is 4.79 Å². The number of ketones is 1. The van der Waals surface area contributed by atoms with Gasteiger partial charge in [0.1, 0.15) is 0 Å². The van der Waals surface area contributed by atoms with Crippen LogP contribution in [0.3, 0.4) is 0 Å². The molecule has 104 valence electrons. The Bertz CT molecular complexity index is 535. The Labute approximate surface area is 117 Å². The van der Waals surface area contributed by atoms with Crippen LogP contribution >= 0.6 is 0 Å². The summed E-state index contributed by atoms with van der Waals surface area (Å²) in [6.07, 6.45) is 1.17. The van der Waals surface area contributed by atoms with Gasteiger partial charge in [-0.1, -0.05) is 40.7 Å². The van der Waals surface area contributed by atoms with E-state index in [4.69, 9.17) is 0 Å². The lowest BCUT2D eigenvalue weighted by Gasteiger charge is -2.47.